The molecule has 0 fully saturated rings. The third kappa shape index (κ3) is 2.86. The SMILES string of the molecule is Fc1ccc(Cc2nc3cc(C(F)(F)F)cnc3o2)cc1. The normalized spacial score (nSPS) is 12.0. The van der Waals surface area contributed by atoms with E-state index in [0.717, 1.165) is 11.6 Å². The minimum absolute atomic E-state index is 0.0418. The second-order valence-corrected chi connectivity index (χ2v) is 4.46. The Morgan fingerprint density at radius 3 is 2.48 bits per heavy atom. The van der Waals surface area contributed by atoms with Gasteiger partial charge in [0.25, 0.3) is 0 Å². The molecular weight excluding hydrogens is 288 g/mol. The first-order valence-electron chi connectivity index (χ1n) is 5.99. The summed E-state index contributed by atoms with van der Waals surface area (Å²) in [5.74, 6) is -0.142. The highest BCUT2D eigenvalue weighted by molar-refractivity contribution is 5.68. The fourth-order valence-electron chi connectivity index (χ4n) is 1.88. The smallest absolute Gasteiger partial charge is 0.417 e. The Balaban J connectivity index is 1.92. The van der Waals surface area contributed by atoms with Crippen molar-refractivity contribution in [3.05, 3.63) is 59.4 Å². The van der Waals surface area contributed by atoms with Crippen molar-refractivity contribution in [3.8, 4) is 0 Å². The molecule has 0 bridgehead atoms. The van der Waals surface area contributed by atoms with Crippen LogP contribution >= 0.6 is 0 Å². The molecule has 3 rings (SSSR count). The van der Waals surface area contributed by atoms with E-state index in [-0.39, 0.29) is 29.4 Å². The number of fused-ring (bicyclic) bond motifs is 1. The molecule has 3 aromatic rings. The highest BCUT2D eigenvalue weighted by Gasteiger charge is 2.31. The summed E-state index contributed by atoms with van der Waals surface area (Å²) >= 11 is 0. The van der Waals surface area contributed by atoms with Gasteiger partial charge in [-0.05, 0) is 23.8 Å². The van der Waals surface area contributed by atoms with Crippen LogP contribution in [0.4, 0.5) is 17.6 Å². The highest BCUT2D eigenvalue weighted by Crippen LogP contribution is 2.30. The zero-order valence-electron chi connectivity index (χ0n) is 10.5. The Morgan fingerprint density at radius 1 is 1.10 bits per heavy atom. The quantitative estimate of drug-likeness (QED) is 0.672. The van der Waals surface area contributed by atoms with Crippen LogP contribution in [0.25, 0.3) is 11.2 Å². The first-order valence-corrected chi connectivity index (χ1v) is 5.99. The highest BCUT2D eigenvalue weighted by atomic mass is 19.4. The van der Waals surface area contributed by atoms with Crippen molar-refractivity contribution >= 4 is 11.2 Å². The monoisotopic (exact) mass is 296 g/mol. The Bertz CT molecular complexity index is 778. The van der Waals surface area contributed by atoms with Gasteiger partial charge in [-0.15, -0.1) is 0 Å². The predicted octanol–water partition coefficient (Wildman–Crippen LogP) is 3.97. The molecule has 0 aliphatic heterocycles. The second-order valence-electron chi connectivity index (χ2n) is 4.46. The Morgan fingerprint density at radius 2 is 1.81 bits per heavy atom. The van der Waals surface area contributed by atoms with Gasteiger partial charge in [-0.2, -0.15) is 13.2 Å². The van der Waals surface area contributed by atoms with Crippen LogP contribution in [-0.4, -0.2) is 9.97 Å². The molecule has 0 aliphatic carbocycles. The van der Waals surface area contributed by atoms with Gasteiger partial charge >= 0.3 is 6.18 Å². The summed E-state index contributed by atoms with van der Waals surface area (Å²) in [6.07, 6.45) is -3.52. The number of oxazole rings is 1. The summed E-state index contributed by atoms with van der Waals surface area (Å²) in [5.41, 5.74) is -0.0577. The Hall–Kier alpha value is -2.44. The number of rotatable bonds is 2. The fraction of sp³-hybridized carbons (Fsp3) is 0.143. The topological polar surface area (TPSA) is 38.9 Å². The molecule has 0 spiro atoms. The van der Waals surface area contributed by atoms with E-state index in [0.29, 0.717) is 6.20 Å². The van der Waals surface area contributed by atoms with Gasteiger partial charge in [0, 0.05) is 12.6 Å². The molecule has 0 saturated carbocycles. The lowest BCUT2D eigenvalue weighted by Crippen LogP contribution is -2.04. The van der Waals surface area contributed by atoms with Crippen molar-refractivity contribution in [1.29, 1.82) is 0 Å². The summed E-state index contributed by atoms with van der Waals surface area (Å²) < 4.78 is 55.8. The maximum absolute atomic E-state index is 12.8. The van der Waals surface area contributed by atoms with Gasteiger partial charge in [0.05, 0.1) is 5.56 Å². The van der Waals surface area contributed by atoms with E-state index in [1.165, 1.54) is 12.1 Å². The zero-order chi connectivity index (χ0) is 15.0. The van der Waals surface area contributed by atoms with Gasteiger partial charge in [0.1, 0.15) is 11.3 Å². The molecule has 7 heteroatoms. The maximum atomic E-state index is 12.8. The zero-order valence-corrected chi connectivity index (χ0v) is 10.5. The number of halogens is 4. The van der Waals surface area contributed by atoms with E-state index in [9.17, 15) is 17.6 Å². The number of aromatic nitrogens is 2. The molecule has 0 aliphatic rings. The first kappa shape index (κ1) is 13.5. The molecule has 0 atom stereocenters. The van der Waals surface area contributed by atoms with Crippen LogP contribution in [0.5, 0.6) is 0 Å². The van der Waals surface area contributed by atoms with E-state index < -0.39 is 11.7 Å². The summed E-state index contributed by atoms with van der Waals surface area (Å²) in [7, 11) is 0. The minimum Gasteiger partial charge on any atom is -0.422 e. The number of nitrogens with zero attached hydrogens (tertiary/aromatic N) is 2. The summed E-state index contributed by atoms with van der Waals surface area (Å²) in [4.78, 5) is 7.60. The van der Waals surface area contributed by atoms with Crippen molar-refractivity contribution in [2.75, 3.05) is 0 Å². The van der Waals surface area contributed by atoms with Gasteiger partial charge < -0.3 is 4.42 Å². The van der Waals surface area contributed by atoms with Crippen LogP contribution in [0, 0.1) is 5.82 Å². The van der Waals surface area contributed by atoms with E-state index >= 15 is 0 Å². The molecule has 0 saturated heterocycles. The maximum Gasteiger partial charge on any atom is 0.417 e. The van der Waals surface area contributed by atoms with Crippen molar-refractivity contribution < 1.29 is 22.0 Å². The van der Waals surface area contributed by atoms with Crippen LogP contribution in [0.3, 0.4) is 0 Å². The molecule has 0 radical (unpaired) electrons. The second kappa shape index (κ2) is 4.83. The minimum atomic E-state index is -4.47. The van der Waals surface area contributed by atoms with Gasteiger partial charge in [-0.25, -0.2) is 14.4 Å². The largest absolute Gasteiger partial charge is 0.422 e. The van der Waals surface area contributed by atoms with Crippen LogP contribution < -0.4 is 0 Å². The van der Waals surface area contributed by atoms with Gasteiger partial charge in [-0.1, -0.05) is 12.1 Å². The van der Waals surface area contributed by atoms with E-state index in [1.54, 1.807) is 12.1 Å². The lowest BCUT2D eigenvalue weighted by molar-refractivity contribution is -0.137. The average molecular weight is 296 g/mol. The van der Waals surface area contributed by atoms with Crippen molar-refractivity contribution in [3.63, 3.8) is 0 Å². The van der Waals surface area contributed by atoms with Crippen LogP contribution in [0.15, 0.2) is 40.9 Å². The molecule has 108 valence electrons. The van der Waals surface area contributed by atoms with Crippen molar-refractivity contribution in [2.45, 2.75) is 12.6 Å². The predicted molar refractivity (Wildman–Crippen MR) is 66.0 cm³/mol. The van der Waals surface area contributed by atoms with Crippen molar-refractivity contribution in [1.82, 2.24) is 9.97 Å². The number of alkyl halides is 3. The third-order valence-electron chi connectivity index (χ3n) is 2.89. The molecular formula is C14H8F4N2O. The first-order chi connectivity index (χ1) is 9.91. The van der Waals surface area contributed by atoms with Crippen LogP contribution in [0.1, 0.15) is 17.0 Å². The molecule has 21 heavy (non-hydrogen) atoms. The summed E-state index contributed by atoms with van der Waals surface area (Å²) in [5, 5.41) is 0. The van der Waals surface area contributed by atoms with Gasteiger partial charge in [0.15, 0.2) is 0 Å². The summed E-state index contributed by atoms with van der Waals surface area (Å²) in [6, 6.07) is 6.58. The number of hydrogen-bond acceptors (Lipinski definition) is 3. The van der Waals surface area contributed by atoms with E-state index in [2.05, 4.69) is 9.97 Å². The van der Waals surface area contributed by atoms with E-state index in [4.69, 9.17) is 4.42 Å². The number of pyridine rings is 1. The molecule has 0 unspecified atom stereocenters. The average Bonchev–Trinajstić information content (AvgIpc) is 2.81. The summed E-state index contributed by atoms with van der Waals surface area (Å²) in [6.45, 7) is 0. The standard InChI is InChI=1S/C14H8F4N2O/c15-10-3-1-8(2-4-10)5-12-20-11-6-9(14(16,17)18)7-19-13(11)21-12/h1-4,6-7H,5H2. The fourth-order valence-corrected chi connectivity index (χ4v) is 1.88. The van der Waals surface area contributed by atoms with Crippen LogP contribution in [-0.2, 0) is 12.6 Å². The van der Waals surface area contributed by atoms with E-state index in [1.807, 2.05) is 0 Å². The Kier molecular flexibility index (Phi) is 3.12. The number of hydrogen-bond donors (Lipinski definition) is 0. The third-order valence-corrected chi connectivity index (χ3v) is 2.89. The molecule has 2 heterocycles. The van der Waals surface area contributed by atoms with Crippen LogP contribution in [0.2, 0.25) is 0 Å². The van der Waals surface area contributed by atoms with Gasteiger partial charge in [0.2, 0.25) is 11.6 Å². The molecule has 1 aromatic carbocycles. The van der Waals surface area contributed by atoms with Crippen molar-refractivity contribution in [2.24, 2.45) is 0 Å². The molecule has 0 amide bonds. The Labute approximate surface area is 116 Å². The lowest BCUT2D eigenvalue weighted by atomic mass is 10.1. The molecule has 0 N–H and O–H groups in total. The number of benzene rings is 1. The lowest BCUT2D eigenvalue weighted by Gasteiger charge is -2.03. The molecule has 2 aromatic heterocycles. The van der Waals surface area contributed by atoms with Gasteiger partial charge in [-0.3, -0.25) is 0 Å². The molecule has 3 nitrogen and oxygen atoms in total.